The average molecular weight is 209 g/mol. The molecule has 0 aliphatic rings. The lowest BCUT2D eigenvalue weighted by Crippen LogP contribution is -1.99. The van der Waals surface area contributed by atoms with Crippen molar-refractivity contribution in [2.24, 2.45) is 0 Å². The molecule has 0 amide bonds. The van der Waals surface area contributed by atoms with Crippen molar-refractivity contribution in [1.82, 2.24) is 0 Å². The van der Waals surface area contributed by atoms with Crippen LogP contribution < -0.4 is 0 Å². The molecule has 0 aromatic carbocycles. The van der Waals surface area contributed by atoms with Gasteiger partial charge >= 0.3 is 0 Å². The Labute approximate surface area is 75.8 Å². The maximum Gasteiger partial charge on any atom is 0.233 e. The fourth-order valence-corrected chi connectivity index (χ4v) is 1.52. The van der Waals surface area contributed by atoms with Gasteiger partial charge in [0.25, 0.3) is 0 Å². The summed E-state index contributed by atoms with van der Waals surface area (Å²) < 4.78 is 26.2. The third-order valence-corrected chi connectivity index (χ3v) is 2.54. The third kappa shape index (κ3) is 3.28. The van der Waals surface area contributed by atoms with Gasteiger partial charge < -0.3 is 4.42 Å². The van der Waals surface area contributed by atoms with Crippen LogP contribution in [-0.4, -0.2) is 14.2 Å². The third-order valence-electron chi connectivity index (χ3n) is 1.39. The number of aryl methyl sites for hydroxylation is 2. The van der Waals surface area contributed by atoms with Crippen LogP contribution in [0.25, 0.3) is 0 Å². The molecule has 0 saturated carbocycles. The highest BCUT2D eigenvalue weighted by atomic mass is 35.7. The van der Waals surface area contributed by atoms with Gasteiger partial charge in [-0.05, 0) is 19.1 Å². The Morgan fingerprint density at radius 2 is 2.17 bits per heavy atom. The predicted octanol–water partition coefficient (Wildman–Crippen LogP) is 1.70. The minimum Gasteiger partial charge on any atom is -0.466 e. The Balaban J connectivity index is 2.55. The van der Waals surface area contributed by atoms with E-state index < -0.39 is 9.05 Å². The van der Waals surface area contributed by atoms with Gasteiger partial charge in [0.05, 0.1) is 5.75 Å². The molecule has 0 fully saturated rings. The molecule has 0 saturated heterocycles. The standard InChI is InChI=1S/C7H9ClO3S/c1-6-2-3-7(11-6)4-5-12(8,9)10/h2-3H,4-5H2,1H3. The van der Waals surface area contributed by atoms with Crippen molar-refractivity contribution >= 4 is 19.7 Å². The maximum atomic E-state index is 10.5. The monoisotopic (exact) mass is 208 g/mol. The zero-order valence-electron chi connectivity index (χ0n) is 6.58. The summed E-state index contributed by atoms with van der Waals surface area (Å²) in [6, 6.07) is 3.54. The van der Waals surface area contributed by atoms with E-state index in [2.05, 4.69) is 0 Å². The molecule has 0 atom stereocenters. The fourth-order valence-electron chi connectivity index (χ4n) is 0.842. The molecule has 0 N–H and O–H groups in total. The van der Waals surface area contributed by atoms with Crippen LogP contribution in [0, 0.1) is 6.92 Å². The van der Waals surface area contributed by atoms with Crippen molar-refractivity contribution in [3.8, 4) is 0 Å². The van der Waals surface area contributed by atoms with Crippen LogP contribution in [0.4, 0.5) is 0 Å². The number of hydrogen-bond donors (Lipinski definition) is 0. The molecule has 5 heteroatoms. The van der Waals surface area contributed by atoms with Gasteiger partial charge in [0.1, 0.15) is 11.5 Å². The molecule has 3 nitrogen and oxygen atoms in total. The van der Waals surface area contributed by atoms with E-state index in [4.69, 9.17) is 15.1 Å². The molecular weight excluding hydrogens is 200 g/mol. The first kappa shape index (κ1) is 9.61. The summed E-state index contributed by atoms with van der Waals surface area (Å²) in [6.45, 7) is 1.80. The summed E-state index contributed by atoms with van der Waals surface area (Å²) in [5, 5.41) is 0. The number of furan rings is 1. The topological polar surface area (TPSA) is 47.3 Å². The van der Waals surface area contributed by atoms with E-state index in [0.717, 1.165) is 5.76 Å². The molecule has 1 heterocycles. The van der Waals surface area contributed by atoms with Gasteiger partial charge in [-0.1, -0.05) is 0 Å². The number of halogens is 1. The quantitative estimate of drug-likeness (QED) is 0.711. The minimum absolute atomic E-state index is 0.0818. The smallest absolute Gasteiger partial charge is 0.233 e. The lowest BCUT2D eigenvalue weighted by atomic mass is 10.4. The number of hydrogen-bond acceptors (Lipinski definition) is 3. The van der Waals surface area contributed by atoms with E-state index in [1.54, 1.807) is 19.1 Å². The van der Waals surface area contributed by atoms with Crippen LogP contribution in [0.1, 0.15) is 11.5 Å². The largest absolute Gasteiger partial charge is 0.466 e. The Morgan fingerprint density at radius 3 is 2.58 bits per heavy atom. The van der Waals surface area contributed by atoms with Crippen LogP contribution >= 0.6 is 10.7 Å². The van der Waals surface area contributed by atoms with Gasteiger partial charge in [0.15, 0.2) is 0 Å². The van der Waals surface area contributed by atoms with Crippen LogP contribution in [0.5, 0.6) is 0 Å². The molecule has 1 aromatic rings. The lowest BCUT2D eigenvalue weighted by molar-refractivity contribution is 0.488. The summed E-state index contributed by atoms with van der Waals surface area (Å²) in [6.07, 6.45) is 0.333. The fraction of sp³-hybridized carbons (Fsp3) is 0.429. The van der Waals surface area contributed by atoms with E-state index in [1.807, 2.05) is 0 Å². The molecule has 68 valence electrons. The van der Waals surface area contributed by atoms with E-state index in [1.165, 1.54) is 0 Å². The van der Waals surface area contributed by atoms with Gasteiger partial charge in [-0.3, -0.25) is 0 Å². The molecule has 0 unspecified atom stereocenters. The highest BCUT2D eigenvalue weighted by molar-refractivity contribution is 8.13. The van der Waals surface area contributed by atoms with Crippen LogP contribution in [0.3, 0.4) is 0 Å². The van der Waals surface area contributed by atoms with Crippen molar-refractivity contribution < 1.29 is 12.8 Å². The van der Waals surface area contributed by atoms with Crippen LogP contribution in [-0.2, 0) is 15.5 Å². The molecule has 0 aliphatic carbocycles. The average Bonchev–Trinajstić information content (AvgIpc) is 2.30. The van der Waals surface area contributed by atoms with Gasteiger partial charge in [-0.15, -0.1) is 0 Å². The van der Waals surface area contributed by atoms with Crippen molar-refractivity contribution in [2.45, 2.75) is 13.3 Å². The minimum atomic E-state index is -3.40. The highest BCUT2D eigenvalue weighted by Gasteiger charge is 2.07. The Bertz CT molecular complexity index is 352. The second-order valence-electron chi connectivity index (χ2n) is 2.51. The van der Waals surface area contributed by atoms with Gasteiger partial charge in [-0.25, -0.2) is 8.42 Å². The summed E-state index contributed by atoms with van der Waals surface area (Å²) >= 11 is 0. The first-order valence-electron chi connectivity index (χ1n) is 3.45. The second kappa shape index (κ2) is 3.49. The van der Waals surface area contributed by atoms with Gasteiger partial charge in [0, 0.05) is 17.1 Å². The van der Waals surface area contributed by atoms with Crippen LogP contribution in [0.2, 0.25) is 0 Å². The Kier molecular flexibility index (Phi) is 2.80. The summed E-state index contributed by atoms with van der Waals surface area (Å²) in [7, 11) is 1.62. The summed E-state index contributed by atoms with van der Waals surface area (Å²) in [4.78, 5) is 0. The van der Waals surface area contributed by atoms with Crippen LogP contribution in [0.15, 0.2) is 16.5 Å². The summed E-state index contributed by atoms with van der Waals surface area (Å²) in [5.74, 6) is 1.34. The van der Waals surface area contributed by atoms with E-state index in [0.29, 0.717) is 12.2 Å². The van der Waals surface area contributed by atoms with Gasteiger partial charge in [-0.2, -0.15) is 0 Å². The van der Waals surface area contributed by atoms with E-state index in [-0.39, 0.29) is 5.75 Å². The zero-order valence-corrected chi connectivity index (χ0v) is 8.15. The lowest BCUT2D eigenvalue weighted by Gasteiger charge is -1.92. The van der Waals surface area contributed by atoms with Crippen molar-refractivity contribution in [2.75, 3.05) is 5.75 Å². The Morgan fingerprint density at radius 1 is 1.50 bits per heavy atom. The molecular formula is C7H9ClO3S. The molecule has 12 heavy (non-hydrogen) atoms. The highest BCUT2D eigenvalue weighted by Crippen LogP contribution is 2.09. The van der Waals surface area contributed by atoms with Gasteiger partial charge in [0.2, 0.25) is 9.05 Å². The van der Waals surface area contributed by atoms with E-state index >= 15 is 0 Å². The van der Waals surface area contributed by atoms with Crippen molar-refractivity contribution in [1.29, 1.82) is 0 Å². The van der Waals surface area contributed by atoms with Crippen molar-refractivity contribution in [3.05, 3.63) is 23.7 Å². The molecule has 1 rings (SSSR count). The molecule has 0 radical (unpaired) electrons. The zero-order chi connectivity index (χ0) is 9.19. The SMILES string of the molecule is Cc1ccc(CCS(=O)(=O)Cl)o1. The molecule has 0 aliphatic heterocycles. The normalized spacial score (nSPS) is 11.8. The maximum absolute atomic E-state index is 10.5. The second-order valence-corrected chi connectivity index (χ2v) is 5.40. The predicted molar refractivity (Wildman–Crippen MR) is 46.8 cm³/mol. The van der Waals surface area contributed by atoms with Crippen molar-refractivity contribution in [3.63, 3.8) is 0 Å². The number of rotatable bonds is 3. The Hall–Kier alpha value is -0.480. The molecule has 1 aromatic heterocycles. The molecule has 0 bridgehead atoms. The van der Waals surface area contributed by atoms with E-state index in [9.17, 15) is 8.42 Å². The first-order valence-corrected chi connectivity index (χ1v) is 5.93. The molecule has 0 spiro atoms. The first-order chi connectivity index (χ1) is 5.47. The summed E-state index contributed by atoms with van der Waals surface area (Å²) in [5.41, 5.74) is 0.